The lowest BCUT2D eigenvalue weighted by atomic mass is 10.3. The van der Waals surface area contributed by atoms with Crippen molar-refractivity contribution in [2.45, 2.75) is 19.5 Å². The Hall–Kier alpha value is -1.96. The zero-order valence-electron chi connectivity index (χ0n) is 15.6. The first kappa shape index (κ1) is 21.3. The Balaban J connectivity index is 0.00000261. The normalized spacial score (nSPS) is 11.9. The molecule has 1 unspecified atom stereocenters. The Bertz CT molecular complexity index is 741. The summed E-state index contributed by atoms with van der Waals surface area (Å²) in [6.45, 7) is 4.26. The van der Waals surface area contributed by atoms with Gasteiger partial charge in [-0.05, 0) is 50.2 Å². The van der Waals surface area contributed by atoms with Crippen LogP contribution in [0.25, 0.3) is 0 Å². The van der Waals surface area contributed by atoms with Gasteiger partial charge in [0.1, 0.15) is 23.2 Å². The van der Waals surface area contributed by atoms with Crippen LogP contribution >= 0.6 is 7.26 Å². The first-order valence-electron chi connectivity index (χ1n) is 8.93. The van der Waals surface area contributed by atoms with Gasteiger partial charge in [-0.25, -0.2) is 4.79 Å². The van der Waals surface area contributed by atoms with E-state index in [1.165, 1.54) is 15.9 Å². The van der Waals surface area contributed by atoms with Gasteiger partial charge in [0.25, 0.3) is 0 Å². The van der Waals surface area contributed by atoms with Crippen LogP contribution in [0.15, 0.2) is 91.0 Å². The topological polar surface area (TPSA) is 26.3 Å². The smallest absolute Gasteiger partial charge is 0.347 e. The third-order valence-corrected chi connectivity index (χ3v) is 9.41. The molecule has 0 saturated heterocycles. The molecule has 0 spiro atoms. The van der Waals surface area contributed by atoms with Gasteiger partial charge in [-0.15, -0.1) is 0 Å². The summed E-state index contributed by atoms with van der Waals surface area (Å²) in [5.74, 6) is -0.141. The third kappa shape index (κ3) is 4.15. The van der Waals surface area contributed by atoms with E-state index in [-0.39, 0.29) is 28.6 Å². The number of hydrogen-bond donors (Lipinski definition) is 0. The van der Waals surface area contributed by atoms with Crippen LogP contribution in [0.2, 0.25) is 0 Å². The summed E-state index contributed by atoms with van der Waals surface area (Å²) in [7, 11) is -2.20. The molecule has 0 bridgehead atoms. The molecule has 3 aromatic carbocycles. The highest BCUT2D eigenvalue weighted by atomic mass is 79.9. The molecule has 0 aliphatic carbocycles. The molecular weight excluding hydrogens is 419 g/mol. The SMILES string of the molecule is CCOC(=O)C(C)[P+](c1ccccc1)(c1ccccc1)c1ccccc1.[Br-]. The highest BCUT2D eigenvalue weighted by Crippen LogP contribution is 2.59. The molecule has 27 heavy (non-hydrogen) atoms. The molecule has 140 valence electrons. The Kier molecular flexibility index (Phi) is 7.77. The molecule has 3 rings (SSSR count). The van der Waals surface area contributed by atoms with Gasteiger partial charge in [-0.2, -0.15) is 0 Å². The lowest BCUT2D eigenvalue weighted by molar-refractivity contribution is -0.142. The molecule has 0 aliphatic heterocycles. The van der Waals surface area contributed by atoms with Gasteiger partial charge in [0, 0.05) is 0 Å². The van der Waals surface area contributed by atoms with Crippen LogP contribution in [0, 0.1) is 0 Å². The van der Waals surface area contributed by atoms with Gasteiger partial charge in [0.15, 0.2) is 5.66 Å². The van der Waals surface area contributed by atoms with E-state index in [2.05, 4.69) is 36.4 Å². The maximum Gasteiger partial charge on any atom is 0.347 e. The number of esters is 1. The number of hydrogen-bond acceptors (Lipinski definition) is 2. The van der Waals surface area contributed by atoms with E-state index in [1.807, 2.05) is 68.4 Å². The first-order valence-corrected chi connectivity index (χ1v) is 10.8. The molecule has 3 aromatic rings. The average molecular weight is 443 g/mol. The van der Waals surface area contributed by atoms with Crippen molar-refractivity contribution in [2.75, 3.05) is 6.61 Å². The van der Waals surface area contributed by atoms with Gasteiger partial charge < -0.3 is 21.7 Å². The quantitative estimate of drug-likeness (QED) is 0.419. The van der Waals surface area contributed by atoms with Crippen molar-refractivity contribution in [3.8, 4) is 0 Å². The van der Waals surface area contributed by atoms with Gasteiger partial charge in [-0.3, -0.25) is 0 Å². The van der Waals surface area contributed by atoms with E-state index < -0.39 is 7.26 Å². The van der Waals surface area contributed by atoms with E-state index in [0.717, 1.165) is 0 Å². The van der Waals surface area contributed by atoms with E-state index in [0.29, 0.717) is 6.61 Å². The summed E-state index contributed by atoms with van der Waals surface area (Å²) < 4.78 is 5.46. The highest BCUT2D eigenvalue weighted by Gasteiger charge is 2.54. The number of benzene rings is 3. The number of carbonyl (C=O) groups is 1. The molecule has 0 amide bonds. The Morgan fingerprint density at radius 1 is 0.778 bits per heavy atom. The second kappa shape index (κ2) is 9.82. The molecule has 4 heteroatoms. The second-order valence-corrected chi connectivity index (χ2v) is 9.93. The molecule has 0 heterocycles. The van der Waals surface area contributed by atoms with Crippen molar-refractivity contribution in [1.82, 2.24) is 0 Å². The van der Waals surface area contributed by atoms with Crippen LogP contribution in [0.1, 0.15) is 13.8 Å². The minimum absolute atomic E-state index is 0. The third-order valence-electron chi connectivity index (χ3n) is 4.70. The van der Waals surface area contributed by atoms with Crippen molar-refractivity contribution < 1.29 is 26.5 Å². The molecular formula is C23H24BrO2P. The highest BCUT2D eigenvalue weighted by molar-refractivity contribution is 7.96. The Morgan fingerprint density at radius 2 is 1.11 bits per heavy atom. The van der Waals surface area contributed by atoms with Crippen LogP contribution < -0.4 is 32.9 Å². The second-order valence-electron chi connectivity index (χ2n) is 6.16. The van der Waals surface area contributed by atoms with Gasteiger partial charge in [0.05, 0.1) is 6.61 Å². The fourth-order valence-corrected chi connectivity index (χ4v) is 8.08. The number of halogens is 1. The van der Waals surface area contributed by atoms with Gasteiger partial charge in [-0.1, -0.05) is 54.6 Å². The summed E-state index contributed by atoms with van der Waals surface area (Å²) >= 11 is 0. The standard InChI is InChI=1S/C23H24O2P.BrH/c1-3-25-23(24)19(2)26(20-13-7-4-8-14-20,21-15-9-5-10-16-21)22-17-11-6-12-18-22;/h4-19H,3H2,1-2H3;1H/q+1;/p-1. The molecule has 0 fully saturated rings. The lowest BCUT2D eigenvalue weighted by Gasteiger charge is -2.31. The summed E-state index contributed by atoms with van der Waals surface area (Å²) in [6.07, 6.45) is 0. The van der Waals surface area contributed by atoms with Crippen molar-refractivity contribution in [3.63, 3.8) is 0 Å². The largest absolute Gasteiger partial charge is 1.00 e. The number of ether oxygens (including phenoxy) is 1. The molecule has 0 N–H and O–H groups in total. The number of carbonyl (C=O) groups excluding carboxylic acids is 1. The summed E-state index contributed by atoms with van der Waals surface area (Å²) in [5.41, 5.74) is -0.269. The van der Waals surface area contributed by atoms with E-state index in [9.17, 15) is 4.79 Å². The van der Waals surface area contributed by atoms with E-state index in [1.54, 1.807) is 0 Å². The van der Waals surface area contributed by atoms with Gasteiger partial charge >= 0.3 is 5.97 Å². The molecule has 0 radical (unpaired) electrons. The van der Waals surface area contributed by atoms with Crippen molar-refractivity contribution in [3.05, 3.63) is 91.0 Å². The lowest BCUT2D eigenvalue weighted by Crippen LogP contribution is -3.00. The first-order chi connectivity index (χ1) is 12.7. The maximum atomic E-state index is 12.9. The fraction of sp³-hybridized carbons (Fsp3) is 0.174. The Morgan fingerprint density at radius 3 is 1.41 bits per heavy atom. The van der Waals surface area contributed by atoms with Crippen LogP contribution in [0.5, 0.6) is 0 Å². The van der Waals surface area contributed by atoms with Crippen LogP contribution in [0.4, 0.5) is 0 Å². The fourth-order valence-electron chi connectivity index (χ4n) is 3.53. The molecule has 2 nitrogen and oxygen atoms in total. The zero-order valence-corrected chi connectivity index (χ0v) is 18.1. The Labute approximate surface area is 172 Å². The molecule has 0 aliphatic rings. The molecule has 0 aromatic heterocycles. The van der Waals surface area contributed by atoms with Crippen molar-refractivity contribution in [1.29, 1.82) is 0 Å². The van der Waals surface area contributed by atoms with Crippen LogP contribution in [0.3, 0.4) is 0 Å². The van der Waals surface area contributed by atoms with E-state index in [4.69, 9.17) is 4.74 Å². The summed E-state index contributed by atoms with van der Waals surface area (Å²) in [4.78, 5) is 12.9. The monoisotopic (exact) mass is 442 g/mol. The average Bonchev–Trinajstić information content (AvgIpc) is 2.71. The minimum Gasteiger partial charge on any atom is -1.00 e. The van der Waals surface area contributed by atoms with Crippen molar-refractivity contribution >= 4 is 29.1 Å². The zero-order chi connectivity index (χ0) is 18.4. The summed E-state index contributed by atoms with van der Waals surface area (Å²) in [6, 6.07) is 31.2. The van der Waals surface area contributed by atoms with Gasteiger partial charge in [0.2, 0.25) is 0 Å². The van der Waals surface area contributed by atoms with Crippen molar-refractivity contribution in [2.24, 2.45) is 0 Å². The van der Waals surface area contributed by atoms with E-state index >= 15 is 0 Å². The minimum atomic E-state index is -2.20. The summed E-state index contributed by atoms with van der Waals surface area (Å²) in [5, 5.41) is 3.58. The predicted octanol–water partition coefficient (Wildman–Crippen LogP) is 0.936. The number of rotatable bonds is 6. The molecule has 1 atom stereocenters. The molecule has 0 saturated carbocycles. The van der Waals surface area contributed by atoms with Crippen LogP contribution in [-0.4, -0.2) is 18.2 Å². The maximum absolute atomic E-state index is 12.9. The van der Waals surface area contributed by atoms with Crippen LogP contribution in [-0.2, 0) is 9.53 Å². The predicted molar refractivity (Wildman–Crippen MR) is 111 cm³/mol.